The average Bonchev–Trinajstić information content (AvgIpc) is 2.51. The SMILES string of the molecule is C1CCCC1.[C-]#[O+].[C-]#[O+].[Rh]. The van der Waals surface area contributed by atoms with Gasteiger partial charge in [-0.2, -0.15) is 0 Å². The Hall–Kier alpha value is 0.103. The smallest absolute Gasteiger partial charge is 0 e. The van der Waals surface area contributed by atoms with Crippen LogP contribution in [0.1, 0.15) is 32.1 Å². The van der Waals surface area contributed by atoms with E-state index < -0.39 is 0 Å². The number of hydrogen-bond donors (Lipinski definition) is 0. The summed E-state index contributed by atoms with van der Waals surface area (Å²) in [5.74, 6) is 0. The minimum atomic E-state index is 0. The van der Waals surface area contributed by atoms with E-state index in [1.807, 2.05) is 0 Å². The Bertz CT molecular complexity index is 60.6. The second-order valence-electron chi connectivity index (χ2n) is 1.77. The summed E-state index contributed by atoms with van der Waals surface area (Å²) in [7, 11) is 0. The summed E-state index contributed by atoms with van der Waals surface area (Å²) in [5, 5.41) is 0. The molecule has 1 rings (SSSR count). The molecule has 0 N–H and O–H groups in total. The van der Waals surface area contributed by atoms with Gasteiger partial charge in [0.25, 0.3) is 0 Å². The molecule has 0 saturated heterocycles. The van der Waals surface area contributed by atoms with Gasteiger partial charge in [-0.1, -0.05) is 32.1 Å². The minimum absolute atomic E-state index is 0. The van der Waals surface area contributed by atoms with Gasteiger partial charge in [0.2, 0.25) is 0 Å². The van der Waals surface area contributed by atoms with Crippen LogP contribution in [0.4, 0.5) is 0 Å². The molecule has 0 aromatic carbocycles. The van der Waals surface area contributed by atoms with Gasteiger partial charge in [0.15, 0.2) is 0 Å². The van der Waals surface area contributed by atoms with E-state index in [9.17, 15) is 0 Å². The van der Waals surface area contributed by atoms with Crippen molar-refractivity contribution in [3.8, 4) is 0 Å². The van der Waals surface area contributed by atoms with Crippen LogP contribution in [0.15, 0.2) is 0 Å². The van der Waals surface area contributed by atoms with E-state index >= 15 is 0 Å². The fourth-order valence-corrected chi connectivity index (χ4v) is 0.884. The summed E-state index contributed by atoms with van der Waals surface area (Å²) in [6.07, 6.45) is 7.50. The molecule has 0 atom stereocenters. The first-order valence-electron chi connectivity index (χ1n) is 2.91. The zero-order valence-corrected chi connectivity index (χ0v) is 7.32. The molecule has 0 bridgehead atoms. The predicted molar refractivity (Wildman–Crippen MR) is 30.9 cm³/mol. The number of hydrogen-bond acceptors (Lipinski definition) is 0. The number of rotatable bonds is 0. The first kappa shape index (κ1) is 16.6. The molecule has 0 amide bonds. The molecule has 0 aromatic heterocycles. The van der Waals surface area contributed by atoms with Crippen molar-refractivity contribution in [2.45, 2.75) is 32.1 Å². The summed E-state index contributed by atoms with van der Waals surface area (Å²) < 4.78 is 15.0. The third kappa shape index (κ3) is 15.7. The zero-order chi connectivity index (χ0) is 7.54. The van der Waals surface area contributed by atoms with Crippen molar-refractivity contribution in [2.24, 2.45) is 0 Å². The van der Waals surface area contributed by atoms with Crippen LogP contribution in [-0.4, -0.2) is 0 Å². The molecule has 1 saturated carbocycles. The maximum atomic E-state index is 7.50. The Balaban J connectivity index is -0.0000000875. The fourth-order valence-electron chi connectivity index (χ4n) is 0.884. The van der Waals surface area contributed by atoms with E-state index in [1.165, 1.54) is 32.1 Å². The Morgan fingerprint density at radius 3 is 0.800 bits per heavy atom. The monoisotopic (exact) mass is 229 g/mol. The molecular weight excluding hydrogens is 219 g/mol. The summed E-state index contributed by atoms with van der Waals surface area (Å²) in [6.45, 7) is 9.00. The van der Waals surface area contributed by atoms with Crippen LogP contribution >= 0.6 is 0 Å². The van der Waals surface area contributed by atoms with Crippen LogP contribution in [0.25, 0.3) is 0 Å². The molecular formula is C7H10O2Rh. The molecule has 1 fully saturated rings. The third-order valence-corrected chi connectivity index (χ3v) is 1.25. The topological polar surface area (TPSA) is 39.8 Å². The van der Waals surface area contributed by atoms with Gasteiger partial charge in [-0.05, 0) is 0 Å². The van der Waals surface area contributed by atoms with Gasteiger partial charge in [-0.15, -0.1) is 0 Å². The van der Waals surface area contributed by atoms with E-state index in [0.29, 0.717) is 0 Å². The first-order valence-corrected chi connectivity index (χ1v) is 2.91. The largest absolute Gasteiger partial charge is 0 e. The maximum absolute atomic E-state index is 7.50. The van der Waals surface area contributed by atoms with Crippen LogP contribution in [0, 0.1) is 13.3 Å². The van der Waals surface area contributed by atoms with Gasteiger partial charge in [-0.25, -0.2) is 0 Å². The first-order chi connectivity index (χ1) is 4.50. The quantitative estimate of drug-likeness (QED) is 0.345. The van der Waals surface area contributed by atoms with Gasteiger partial charge < -0.3 is 0 Å². The van der Waals surface area contributed by atoms with Crippen molar-refractivity contribution in [1.29, 1.82) is 0 Å². The third-order valence-electron chi connectivity index (χ3n) is 1.25. The molecule has 0 spiro atoms. The van der Waals surface area contributed by atoms with Crippen LogP contribution in [-0.2, 0) is 28.8 Å². The van der Waals surface area contributed by atoms with E-state index in [0.717, 1.165) is 0 Å². The predicted octanol–water partition coefficient (Wildman–Crippen LogP) is 1.87. The molecule has 1 aliphatic rings. The Kier molecular flexibility index (Phi) is 38.1. The Morgan fingerprint density at radius 1 is 0.600 bits per heavy atom. The fraction of sp³-hybridized carbons (Fsp3) is 0.714. The average molecular weight is 229 g/mol. The van der Waals surface area contributed by atoms with E-state index in [-0.39, 0.29) is 19.5 Å². The van der Waals surface area contributed by atoms with Gasteiger partial charge in [0, 0.05) is 19.5 Å². The van der Waals surface area contributed by atoms with Gasteiger partial charge in [0.1, 0.15) is 0 Å². The summed E-state index contributed by atoms with van der Waals surface area (Å²) in [5.41, 5.74) is 0. The van der Waals surface area contributed by atoms with Crippen molar-refractivity contribution in [3.05, 3.63) is 13.3 Å². The summed E-state index contributed by atoms with van der Waals surface area (Å²) in [6, 6.07) is 0. The molecule has 1 radical (unpaired) electrons. The van der Waals surface area contributed by atoms with Crippen molar-refractivity contribution < 1.29 is 28.8 Å². The van der Waals surface area contributed by atoms with E-state index in [2.05, 4.69) is 13.3 Å². The van der Waals surface area contributed by atoms with Crippen LogP contribution in [0.2, 0.25) is 0 Å². The van der Waals surface area contributed by atoms with Crippen molar-refractivity contribution >= 4 is 0 Å². The second-order valence-corrected chi connectivity index (χ2v) is 1.77. The Morgan fingerprint density at radius 2 is 0.700 bits per heavy atom. The van der Waals surface area contributed by atoms with Crippen LogP contribution in [0.5, 0.6) is 0 Å². The van der Waals surface area contributed by atoms with Gasteiger partial charge >= 0.3 is 22.6 Å². The second kappa shape index (κ2) is 23.0. The minimum Gasteiger partial charge on any atom is 0 e. The standard InChI is InChI=1S/C5H10.2CO.Rh/c1-2-4-5-3-1;2*1-2;/h1-5H2;;;. The molecule has 59 valence electrons. The maximum Gasteiger partial charge on any atom is 0 e. The zero-order valence-electron chi connectivity index (χ0n) is 5.69. The molecule has 2 nitrogen and oxygen atoms in total. The molecule has 3 heteroatoms. The normalized spacial score (nSPS) is 12.4. The molecule has 0 aromatic rings. The molecule has 0 unspecified atom stereocenters. The molecule has 0 aliphatic heterocycles. The Labute approximate surface area is 74.6 Å². The summed E-state index contributed by atoms with van der Waals surface area (Å²) >= 11 is 0. The van der Waals surface area contributed by atoms with Crippen molar-refractivity contribution in [1.82, 2.24) is 0 Å². The van der Waals surface area contributed by atoms with E-state index in [4.69, 9.17) is 9.30 Å². The summed E-state index contributed by atoms with van der Waals surface area (Å²) in [4.78, 5) is 0. The van der Waals surface area contributed by atoms with Crippen molar-refractivity contribution in [3.63, 3.8) is 0 Å². The van der Waals surface area contributed by atoms with E-state index in [1.54, 1.807) is 0 Å². The molecule has 10 heavy (non-hydrogen) atoms. The van der Waals surface area contributed by atoms with Crippen molar-refractivity contribution in [2.75, 3.05) is 0 Å². The molecule has 0 heterocycles. The van der Waals surface area contributed by atoms with Crippen LogP contribution < -0.4 is 0 Å². The van der Waals surface area contributed by atoms with Crippen LogP contribution in [0.3, 0.4) is 0 Å². The van der Waals surface area contributed by atoms with Gasteiger partial charge in [-0.3, -0.25) is 0 Å². The molecule has 1 aliphatic carbocycles. The van der Waals surface area contributed by atoms with Gasteiger partial charge in [0.05, 0.1) is 0 Å².